The number of tetrazole rings is 1. The third-order valence-corrected chi connectivity index (χ3v) is 4.00. The molecule has 1 fully saturated rings. The van der Waals surface area contributed by atoms with Crippen LogP contribution in [0.2, 0.25) is 0 Å². The Kier molecular flexibility index (Phi) is 2.51. The Bertz CT molecular complexity index is 547. The Morgan fingerprint density at radius 2 is 2.24 bits per heavy atom. The molecule has 1 aliphatic carbocycles. The highest BCUT2D eigenvalue weighted by molar-refractivity contribution is 7.99. The van der Waals surface area contributed by atoms with Crippen LogP contribution in [0.5, 0.6) is 0 Å². The van der Waals surface area contributed by atoms with E-state index in [9.17, 15) is 0 Å². The number of anilines is 1. The molecule has 0 amide bonds. The first-order valence-corrected chi connectivity index (χ1v) is 6.38. The smallest absolute Gasteiger partial charge is 0.214 e. The van der Waals surface area contributed by atoms with Crippen molar-refractivity contribution in [2.24, 2.45) is 0 Å². The first kappa shape index (κ1) is 10.6. The van der Waals surface area contributed by atoms with Gasteiger partial charge in [-0.15, -0.1) is 5.10 Å². The van der Waals surface area contributed by atoms with Crippen LogP contribution in [-0.4, -0.2) is 20.2 Å². The Hall–Kier alpha value is -1.56. The molecule has 0 unspecified atom stereocenters. The SMILES string of the molecule is Cc1c(N)cccc1Sc1nnnn1C1CC1. The molecule has 1 aromatic carbocycles. The molecular formula is C11H13N5S. The van der Waals surface area contributed by atoms with Crippen molar-refractivity contribution in [1.29, 1.82) is 0 Å². The van der Waals surface area contributed by atoms with Crippen molar-refractivity contribution in [2.75, 3.05) is 5.73 Å². The minimum absolute atomic E-state index is 0.494. The van der Waals surface area contributed by atoms with Gasteiger partial charge in [-0.25, -0.2) is 4.68 Å². The second-order valence-corrected chi connectivity index (χ2v) is 5.22. The maximum Gasteiger partial charge on any atom is 0.214 e. The summed E-state index contributed by atoms with van der Waals surface area (Å²) in [6.07, 6.45) is 2.35. The van der Waals surface area contributed by atoms with Gasteiger partial charge >= 0.3 is 0 Å². The minimum Gasteiger partial charge on any atom is -0.398 e. The van der Waals surface area contributed by atoms with E-state index in [0.717, 1.165) is 21.3 Å². The summed E-state index contributed by atoms with van der Waals surface area (Å²) in [4.78, 5) is 1.11. The molecule has 0 radical (unpaired) electrons. The third kappa shape index (κ3) is 2.00. The van der Waals surface area contributed by atoms with Crippen LogP contribution in [0.4, 0.5) is 5.69 Å². The molecule has 6 heteroatoms. The van der Waals surface area contributed by atoms with E-state index in [1.807, 2.05) is 29.8 Å². The maximum atomic E-state index is 5.89. The fourth-order valence-electron chi connectivity index (χ4n) is 1.64. The van der Waals surface area contributed by atoms with Gasteiger partial charge in [-0.1, -0.05) is 6.07 Å². The van der Waals surface area contributed by atoms with Gasteiger partial charge < -0.3 is 5.73 Å². The molecule has 0 saturated heterocycles. The van der Waals surface area contributed by atoms with Crippen molar-refractivity contribution in [3.63, 3.8) is 0 Å². The Balaban J connectivity index is 1.91. The van der Waals surface area contributed by atoms with Crippen molar-refractivity contribution in [3.05, 3.63) is 23.8 Å². The van der Waals surface area contributed by atoms with Crippen molar-refractivity contribution in [1.82, 2.24) is 20.2 Å². The van der Waals surface area contributed by atoms with E-state index >= 15 is 0 Å². The van der Waals surface area contributed by atoms with Crippen LogP contribution in [0, 0.1) is 6.92 Å². The van der Waals surface area contributed by atoms with Crippen molar-refractivity contribution in [2.45, 2.75) is 35.9 Å². The van der Waals surface area contributed by atoms with E-state index in [1.54, 1.807) is 11.8 Å². The van der Waals surface area contributed by atoms with Gasteiger partial charge in [-0.2, -0.15) is 0 Å². The Labute approximate surface area is 103 Å². The lowest BCUT2D eigenvalue weighted by molar-refractivity contribution is 0.565. The topological polar surface area (TPSA) is 69.6 Å². The molecule has 0 bridgehead atoms. The van der Waals surface area contributed by atoms with E-state index in [2.05, 4.69) is 15.5 Å². The van der Waals surface area contributed by atoms with E-state index in [-0.39, 0.29) is 0 Å². The molecule has 1 aromatic heterocycles. The predicted molar refractivity (Wildman–Crippen MR) is 65.8 cm³/mol. The molecule has 17 heavy (non-hydrogen) atoms. The second-order valence-electron chi connectivity index (χ2n) is 4.21. The molecule has 3 rings (SSSR count). The van der Waals surface area contributed by atoms with Gasteiger partial charge in [-0.3, -0.25) is 0 Å². The fourth-order valence-corrected chi connectivity index (χ4v) is 2.61. The van der Waals surface area contributed by atoms with Crippen LogP contribution < -0.4 is 5.73 Å². The molecule has 1 aliphatic rings. The number of nitrogens with zero attached hydrogens (tertiary/aromatic N) is 4. The van der Waals surface area contributed by atoms with Crippen molar-refractivity contribution >= 4 is 17.4 Å². The fraction of sp³-hybridized carbons (Fsp3) is 0.364. The van der Waals surface area contributed by atoms with Crippen LogP contribution in [-0.2, 0) is 0 Å². The summed E-state index contributed by atoms with van der Waals surface area (Å²) in [5.41, 5.74) is 7.78. The lowest BCUT2D eigenvalue weighted by Crippen LogP contribution is -1.99. The highest BCUT2D eigenvalue weighted by Crippen LogP contribution is 2.38. The van der Waals surface area contributed by atoms with Gasteiger partial charge in [0, 0.05) is 10.6 Å². The summed E-state index contributed by atoms with van der Waals surface area (Å²) in [6.45, 7) is 2.02. The van der Waals surface area contributed by atoms with Crippen LogP contribution in [0.15, 0.2) is 28.3 Å². The van der Waals surface area contributed by atoms with Gasteiger partial charge in [0.2, 0.25) is 5.16 Å². The number of nitrogen functional groups attached to an aromatic ring is 1. The summed E-state index contributed by atoms with van der Waals surface area (Å²) < 4.78 is 1.91. The first-order chi connectivity index (χ1) is 8.25. The predicted octanol–water partition coefficient (Wildman–Crippen LogP) is 2.05. The number of benzene rings is 1. The number of nitrogens with two attached hydrogens (primary N) is 1. The van der Waals surface area contributed by atoms with Crippen molar-refractivity contribution in [3.8, 4) is 0 Å². The zero-order valence-corrected chi connectivity index (χ0v) is 10.3. The summed E-state index contributed by atoms with van der Waals surface area (Å²) in [5.74, 6) is 0. The average Bonchev–Trinajstić information content (AvgIpc) is 3.06. The third-order valence-electron chi connectivity index (χ3n) is 2.88. The molecule has 1 saturated carbocycles. The zero-order chi connectivity index (χ0) is 11.8. The Morgan fingerprint density at radius 3 is 3.00 bits per heavy atom. The maximum absolute atomic E-state index is 5.89. The Morgan fingerprint density at radius 1 is 1.41 bits per heavy atom. The number of rotatable bonds is 3. The van der Waals surface area contributed by atoms with E-state index in [0.29, 0.717) is 6.04 Å². The highest BCUT2D eigenvalue weighted by Gasteiger charge is 2.28. The standard InChI is InChI=1S/C11H13N5S/c1-7-9(12)3-2-4-10(7)17-11-13-14-15-16(11)8-5-6-8/h2-4,8H,5-6,12H2,1H3. The average molecular weight is 247 g/mol. The molecule has 5 nitrogen and oxygen atoms in total. The minimum atomic E-state index is 0.494. The van der Waals surface area contributed by atoms with Gasteiger partial charge in [0.05, 0.1) is 6.04 Å². The lowest BCUT2D eigenvalue weighted by atomic mass is 10.2. The molecule has 2 aromatic rings. The van der Waals surface area contributed by atoms with E-state index < -0.39 is 0 Å². The van der Waals surface area contributed by atoms with Crippen LogP contribution >= 0.6 is 11.8 Å². The monoisotopic (exact) mass is 247 g/mol. The van der Waals surface area contributed by atoms with E-state index in [4.69, 9.17) is 5.73 Å². The second kappa shape index (κ2) is 4.03. The van der Waals surface area contributed by atoms with Gasteiger partial charge in [-0.05, 0) is 59.7 Å². The summed E-state index contributed by atoms with van der Waals surface area (Å²) in [5, 5.41) is 12.7. The molecular weight excluding hydrogens is 234 g/mol. The molecule has 0 spiro atoms. The number of aromatic nitrogens is 4. The van der Waals surface area contributed by atoms with Gasteiger partial charge in [0.15, 0.2) is 0 Å². The number of hydrogen-bond acceptors (Lipinski definition) is 5. The van der Waals surface area contributed by atoms with Crippen LogP contribution in [0.25, 0.3) is 0 Å². The molecule has 1 heterocycles. The van der Waals surface area contributed by atoms with Crippen molar-refractivity contribution < 1.29 is 0 Å². The first-order valence-electron chi connectivity index (χ1n) is 5.56. The van der Waals surface area contributed by atoms with Gasteiger partial charge in [0.25, 0.3) is 0 Å². The quantitative estimate of drug-likeness (QED) is 0.841. The normalized spacial score (nSPS) is 15.1. The lowest BCUT2D eigenvalue weighted by Gasteiger charge is -2.07. The summed E-state index contributed by atoms with van der Waals surface area (Å²) in [6, 6.07) is 6.40. The molecule has 88 valence electrons. The highest BCUT2D eigenvalue weighted by atomic mass is 32.2. The molecule has 2 N–H and O–H groups in total. The van der Waals surface area contributed by atoms with Crippen LogP contribution in [0.3, 0.4) is 0 Å². The molecule has 0 atom stereocenters. The van der Waals surface area contributed by atoms with Crippen LogP contribution in [0.1, 0.15) is 24.4 Å². The zero-order valence-electron chi connectivity index (χ0n) is 9.50. The van der Waals surface area contributed by atoms with Gasteiger partial charge in [0.1, 0.15) is 0 Å². The summed E-state index contributed by atoms with van der Waals surface area (Å²) >= 11 is 1.58. The summed E-state index contributed by atoms with van der Waals surface area (Å²) in [7, 11) is 0. The number of hydrogen-bond donors (Lipinski definition) is 1. The largest absolute Gasteiger partial charge is 0.398 e. The molecule has 0 aliphatic heterocycles. The van der Waals surface area contributed by atoms with E-state index in [1.165, 1.54) is 12.8 Å².